The summed E-state index contributed by atoms with van der Waals surface area (Å²) in [5.41, 5.74) is 5.58. The highest BCUT2D eigenvalue weighted by Gasteiger charge is 2.22. The predicted molar refractivity (Wildman–Crippen MR) is 119 cm³/mol. The smallest absolute Gasteiger partial charge is 0.179 e. The maximum Gasteiger partial charge on any atom is 0.179 e. The molecular weight excluding hydrogens is 428 g/mol. The van der Waals surface area contributed by atoms with E-state index >= 15 is 0 Å². The van der Waals surface area contributed by atoms with Crippen LogP contribution >= 0.6 is 11.6 Å². The van der Waals surface area contributed by atoms with Crippen LogP contribution in [0.25, 0.3) is 16.8 Å². The second kappa shape index (κ2) is 7.88. The van der Waals surface area contributed by atoms with Crippen LogP contribution in [0.3, 0.4) is 0 Å². The van der Waals surface area contributed by atoms with Crippen LogP contribution in [0.15, 0.2) is 30.7 Å². The topological polar surface area (TPSA) is 89.2 Å². The van der Waals surface area contributed by atoms with Crippen molar-refractivity contribution in [3.05, 3.63) is 52.7 Å². The van der Waals surface area contributed by atoms with E-state index in [1.165, 1.54) is 0 Å². The molecule has 0 aromatic carbocycles. The van der Waals surface area contributed by atoms with E-state index in [9.17, 15) is 5.26 Å². The van der Waals surface area contributed by atoms with Gasteiger partial charge >= 0.3 is 0 Å². The minimum Gasteiger partial charge on any atom is -0.482 e. The number of nitrogens with zero attached hydrogens (tertiary/aromatic N) is 8. The Morgan fingerprint density at radius 1 is 1.25 bits per heavy atom. The molecule has 0 amide bonds. The lowest BCUT2D eigenvalue weighted by Crippen LogP contribution is -2.21. The fourth-order valence-corrected chi connectivity index (χ4v) is 4.42. The maximum absolute atomic E-state index is 9.23. The summed E-state index contributed by atoms with van der Waals surface area (Å²) in [4.78, 5) is 1.77. The van der Waals surface area contributed by atoms with Crippen LogP contribution in [-0.2, 0) is 20.0 Å². The highest BCUT2D eigenvalue weighted by Crippen LogP contribution is 2.35. The van der Waals surface area contributed by atoms with Crippen molar-refractivity contribution in [1.29, 1.82) is 5.26 Å². The number of nitriles is 1. The zero-order chi connectivity index (χ0) is 22.4. The number of hydrogen-bond donors (Lipinski definition) is 0. The minimum absolute atomic E-state index is 0.266. The molecule has 0 saturated heterocycles. The quantitative estimate of drug-likeness (QED) is 0.443. The van der Waals surface area contributed by atoms with Gasteiger partial charge in [0.2, 0.25) is 0 Å². The first-order valence-corrected chi connectivity index (χ1v) is 10.9. The molecule has 1 unspecified atom stereocenters. The van der Waals surface area contributed by atoms with E-state index in [0.29, 0.717) is 35.9 Å². The molecular formula is C22H23ClN8O. The molecule has 5 heterocycles. The van der Waals surface area contributed by atoms with Crippen molar-refractivity contribution in [1.82, 2.24) is 34.1 Å². The second-order valence-electron chi connectivity index (χ2n) is 8.03. The van der Waals surface area contributed by atoms with Crippen molar-refractivity contribution in [2.45, 2.75) is 32.9 Å². The second-order valence-corrected chi connectivity index (χ2v) is 8.44. The monoisotopic (exact) mass is 450 g/mol. The van der Waals surface area contributed by atoms with Gasteiger partial charge in [0.1, 0.15) is 23.1 Å². The maximum atomic E-state index is 9.23. The van der Waals surface area contributed by atoms with E-state index in [1.54, 1.807) is 20.3 Å². The van der Waals surface area contributed by atoms with Gasteiger partial charge in [0.25, 0.3) is 0 Å². The van der Waals surface area contributed by atoms with E-state index in [1.807, 2.05) is 43.2 Å². The first-order chi connectivity index (χ1) is 15.4. The number of halogens is 1. The summed E-state index contributed by atoms with van der Waals surface area (Å²) in [5, 5.41) is 23.5. The third kappa shape index (κ3) is 3.46. The Labute approximate surface area is 190 Å². The van der Waals surface area contributed by atoms with Crippen LogP contribution in [0.4, 0.5) is 0 Å². The molecule has 0 aliphatic carbocycles. The predicted octanol–water partition coefficient (Wildman–Crippen LogP) is 3.37. The summed E-state index contributed by atoms with van der Waals surface area (Å²) in [6.07, 6.45) is 8.19. The van der Waals surface area contributed by atoms with E-state index < -0.39 is 0 Å². The summed E-state index contributed by atoms with van der Waals surface area (Å²) in [5.74, 6) is 0.626. The van der Waals surface area contributed by atoms with Gasteiger partial charge in [-0.1, -0.05) is 11.6 Å². The largest absolute Gasteiger partial charge is 0.482 e. The molecule has 32 heavy (non-hydrogen) atoms. The average Bonchev–Trinajstić information content (AvgIpc) is 3.42. The Bertz CT molecular complexity index is 1340. The Balaban J connectivity index is 1.56. The Hall–Kier alpha value is -3.51. The molecule has 4 aromatic rings. The number of hydrogen-bond acceptors (Lipinski definition) is 6. The molecule has 0 bridgehead atoms. The van der Waals surface area contributed by atoms with Crippen LogP contribution in [0, 0.1) is 18.4 Å². The molecule has 1 aliphatic rings. The Morgan fingerprint density at radius 2 is 2.09 bits per heavy atom. The molecule has 0 N–H and O–H groups in total. The minimum atomic E-state index is -0.266. The van der Waals surface area contributed by atoms with E-state index in [0.717, 1.165) is 34.6 Å². The first kappa shape index (κ1) is 20.4. The van der Waals surface area contributed by atoms with Crippen LogP contribution in [-0.4, -0.2) is 47.2 Å². The Kier molecular flexibility index (Phi) is 5.02. The fourth-order valence-electron chi connectivity index (χ4n) is 4.20. The van der Waals surface area contributed by atoms with Crippen molar-refractivity contribution in [3.63, 3.8) is 0 Å². The average molecular weight is 451 g/mol. The normalized spacial score (nSPS) is 14.8. The highest BCUT2D eigenvalue weighted by atomic mass is 35.5. The molecule has 1 aliphatic heterocycles. The lowest BCUT2D eigenvalue weighted by molar-refractivity contribution is 0.223. The summed E-state index contributed by atoms with van der Waals surface area (Å²) in [7, 11) is 1.88. The lowest BCUT2D eigenvalue weighted by atomic mass is 10.1. The van der Waals surface area contributed by atoms with Crippen LogP contribution in [0.1, 0.15) is 30.0 Å². The van der Waals surface area contributed by atoms with Crippen molar-refractivity contribution >= 4 is 17.1 Å². The standard InChI is InChI=1S/C22H23ClN8O/c1-14-19-5-7-29(13-24)8-9-30(19)27-21(14)16-10-20(22-17(23)11-25-31(22)12-16)32-15(2)18-4-6-28(3)26-18/h4,6,10-12,15H,5,7-9H2,1-3H3. The summed E-state index contributed by atoms with van der Waals surface area (Å²) in [6.45, 7) is 6.08. The molecule has 4 aromatic heterocycles. The van der Waals surface area contributed by atoms with Gasteiger partial charge in [-0.25, -0.2) is 4.52 Å². The van der Waals surface area contributed by atoms with Crippen molar-refractivity contribution in [2.24, 2.45) is 7.05 Å². The van der Waals surface area contributed by atoms with Gasteiger partial charge < -0.3 is 9.64 Å². The molecule has 0 radical (unpaired) electrons. The molecule has 164 valence electrons. The number of aryl methyl sites for hydroxylation is 1. The zero-order valence-electron chi connectivity index (χ0n) is 18.2. The molecule has 0 spiro atoms. The molecule has 1 atom stereocenters. The third-order valence-electron chi connectivity index (χ3n) is 5.92. The van der Waals surface area contributed by atoms with E-state index in [2.05, 4.69) is 23.3 Å². The summed E-state index contributed by atoms with van der Waals surface area (Å²) >= 11 is 6.44. The van der Waals surface area contributed by atoms with Crippen LogP contribution in [0.2, 0.25) is 5.02 Å². The van der Waals surface area contributed by atoms with Crippen LogP contribution in [0.5, 0.6) is 5.75 Å². The lowest BCUT2D eigenvalue weighted by Gasteiger charge is -2.15. The van der Waals surface area contributed by atoms with E-state index in [-0.39, 0.29) is 6.10 Å². The molecule has 9 nitrogen and oxygen atoms in total. The molecule has 0 saturated carbocycles. The number of ether oxygens (including phenoxy) is 1. The van der Waals surface area contributed by atoms with Gasteiger partial charge in [-0.2, -0.15) is 20.6 Å². The van der Waals surface area contributed by atoms with Gasteiger partial charge in [0, 0.05) is 50.2 Å². The highest BCUT2D eigenvalue weighted by molar-refractivity contribution is 6.34. The number of fused-ring (bicyclic) bond motifs is 2. The van der Waals surface area contributed by atoms with E-state index in [4.69, 9.17) is 21.4 Å². The SMILES string of the molecule is Cc1c(-c2cc(OC(C)c3ccn(C)n3)c3c(Cl)cnn3c2)nn2c1CCN(C#N)CC2. The van der Waals surface area contributed by atoms with Gasteiger partial charge in [-0.05, 0) is 31.5 Å². The van der Waals surface area contributed by atoms with Crippen molar-refractivity contribution < 1.29 is 4.74 Å². The van der Waals surface area contributed by atoms with Crippen molar-refractivity contribution in [3.8, 4) is 23.2 Å². The molecule has 10 heteroatoms. The molecule has 0 fully saturated rings. The van der Waals surface area contributed by atoms with Crippen LogP contribution < -0.4 is 4.74 Å². The van der Waals surface area contributed by atoms with Gasteiger partial charge in [0.05, 0.1) is 23.5 Å². The summed E-state index contributed by atoms with van der Waals surface area (Å²) in [6, 6.07) is 3.91. The number of rotatable bonds is 4. The van der Waals surface area contributed by atoms with Gasteiger partial charge in [-0.15, -0.1) is 0 Å². The first-order valence-electron chi connectivity index (χ1n) is 10.5. The Morgan fingerprint density at radius 3 is 2.84 bits per heavy atom. The fraction of sp³-hybridized carbons (Fsp3) is 0.364. The third-order valence-corrected chi connectivity index (χ3v) is 6.20. The molecule has 5 rings (SSSR count). The number of pyridine rings is 1. The number of aromatic nitrogens is 6. The van der Waals surface area contributed by atoms with Gasteiger partial charge in [0.15, 0.2) is 6.19 Å². The van der Waals surface area contributed by atoms with Gasteiger partial charge in [-0.3, -0.25) is 9.36 Å². The van der Waals surface area contributed by atoms with Crippen molar-refractivity contribution in [2.75, 3.05) is 13.1 Å². The summed E-state index contributed by atoms with van der Waals surface area (Å²) < 4.78 is 11.8. The zero-order valence-corrected chi connectivity index (χ0v) is 18.9.